The van der Waals surface area contributed by atoms with Crippen LogP contribution in [0.5, 0.6) is 0 Å². The van der Waals surface area contributed by atoms with Crippen LogP contribution in [0.3, 0.4) is 0 Å². The van der Waals surface area contributed by atoms with Gasteiger partial charge in [-0.1, -0.05) is 36.4 Å². The van der Waals surface area contributed by atoms with E-state index in [1.165, 1.54) is 18.9 Å². The summed E-state index contributed by atoms with van der Waals surface area (Å²) < 4.78 is 21.6. The Hall–Kier alpha value is -2.77. The molecule has 0 saturated carbocycles. The van der Waals surface area contributed by atoms with Gasteiger partial charge in [0.05, 0.1) is 11.6 Å². The molecule has 0 spiro atoms. The van der Waals surface area contributed by atoms with Gasteiger partial charge in [-0.15, -0.1) is 0 Å². The van der Waals surface area contributed by atoms with Crippen molar-refractivity contribution >= 4 is 16.9 Å². The Kier molecular flexibility index (Phi) is 6.66. The zero-order valence-electron chi connectivity index (χ0n) is 19.9. The number of para-hydroxylation sites is 1. The van der Waals surface area contributed by atoms with Crippen LogP contribution in [0.2, 0.25) is 0 Å². The minimum atomic E-state index is -0.248. The van der Waals surface area contributed by atoms with Crippen molar-refractivity contribution in [3.63, 3.8) is 0 Å². The standard InChI is InChI=1S/C27H33FN4O2/c1-18-29-27-23(28)9-6-10-25(27)32(18)22-15-20-11-12-21(16-22)31(20)14-13-24(30-26(33)17-34-2)19-7-4-3-5-8-19/h3-10,20-22,24H,11-17H2,1-2H3,(H,30,33)/t20-,21+,22-,24-/m0/s1. The van der Waals surface area contributed by atoms with Crippen molar-refractivity contribution in [1.82, 2.24) is 19.8 Å². The highest BCUT2D eigenvalue weighted by atomic mass is 19.1. The Labute approximate surface area is 200 Å². The number of carbonyl (C=O) groups is 1. The average Bonchev–Trinajstić information content (AvgIpc) is 3.29. The van der Waals surface area contributed by atoms with Gasteiger partial charge in [0, 0.05) is 31.8 Å². The summed E-state index contributed by atoms with van der Waals surface area (Å²) in [7, 11) is 1.54. The van der Waals surface area contributed by atoms with E-state index in [2.05, 4.69) is 31.9 Å². The second kappa shape index (κ2) is 9.84. The number of nitrogens with one attached hydrogen (secondary N) is 1. The van der Waals surface area contributed by atoms with Crippen molar-refractivity contribution in [2.24, 2.45) is 0 Å². The largest absolute Gasteiger partial charge is 0.375 e. The second-order valence-corrected chi connectivity index (χ2v) is 9.64. The van der Waals surface area contributed by atoms with E-state index in [0.717, 1.165) is 42.7 Å². The van der Waals surface area contributed by atoms with E-state index in [1.807, 2.05) is 31.2 Å². The van der Waals surface area contributed by atoms with Crippen LogP contribution < -0.4 is 5.32 Å². The van der Waals surface area contributed by atoms with Crippen molar-refractivity contribution in [2.75, 3.05) is 20.3 Å². The van der Waals surface area contributed by atoms with Gasteiger partial charge >= 0.3 is 0 Å². The molecule has 2 saturated heterocycles. The summed E-state index contributed by atoms with van der Waals surface area (Å²) in [6.45, 7) is 2.99. The average molecular weight is 465 g/mol. The molecule has 2 bridgehead atoms. The maximum Gasteiger partial charge on any atom is 0.246 e. The maximum atomic E-state index is 14.3. The lowest BCUT2D eigenvalue weighted by molar-refractivity contribution is -0.125. The zero-order valence-corrected chi connectivity index (χ0v) is 19.9. The molecular formula is C27H33FN4O2. The number of nitrogens with zero attached hydrogens (tertiary/aromatic N) is 3. The molecule has 3 heterocycles. The van der Waals surface area contributed by atoms with E-state index >= 15 is 0 Å². The molecule has 1 aromatic heterocycles. The first-order valence-corrected chi connectivity index (χ1v) is 12.3. The molecule has 2 aliphatic heterocycles. The van der Waals surface area contributed by atoms with Crippen LogP contribution in [-0.2, 0) is 9.53 Å². The number of fused-ring (bicyclic) bond motifs is 3. The third-order valence-corrected chi connectivity index (χ3v) is 7.56. The molecule has 0 radical (unpaired) electrons. The minimum absolute atomic E-state index is 0.0382. The quantitative estimate of drug-likeness (QED) is 0.532. The van der Waals surface area contributed by atoms with Crippen LogP contribution in [0.4, 0.5) is 4.39 Å². The number of ether oxygens (including phenoxy) is 1. The highest BCUT2D eigenvalue weighted by Gasteiger charge is 2.41. The number of amides is 1. The predicted molar refractivity (Wildman–Crippen MR) is 130 cm³/mol. The number of hydrogen-bond donors (Lipinski definition) is 1. The van der Waals surface area contributed by atoms with Gasteiger partial charge in [0.15, 0.2) is 5.82 Å². The van der Waals surface area contributed by atoms with Crippen molar-refractivity contribution in [3.8, 4) is 0 Å². The Morgan fingerprint density at radius 1 is 1.12 bits per heavy atom. The highest BCUT2D eigenvalue weighted by Crippen LogP contribution is 2.42. The Morgan fingerprint density at radius 3 is 2.56 bits per heavy atom. The number of hydrogen-bond acceptors (Lipinski definition) is 4. The molecule has 34 heavy (non-hydrogen) atoms. The lowest BCUT2D eigenvalue weighted by atomic mass is 9.95. The van der Waals surface area contributed by atoms with Crippen LogP contribution in [0.15, 0.2) is 48.5 Å². The van der Waals surface area contributed by atoms with Gasteiger partial charge in [-0.2, -0.15) is 0 Å². The van der Waals surface area contributed by atoms with E-state index in [-0.39, 0.29) is 24.4 Å². The molecule has 7 heteroatoms. The minimum Gasteiger partial charge on any atom is -0.375 e. The normalized spacial score (nSPS) is 23.3. The number of benzene rings is 2. The molecule has 2 aliphatic rings. The SMILES string of the molecule is COCC(=O)N[C@@H](CCN1[C@@H]2CC[C@H]1C[C@H](n1c(C)nc3c(F)cccc31)C2)c1ccccc1. The Morgan fingerprint density at radius 2 is 1.85 bits per heavy atom. The van der Waals surface area contributed by atoms with Gasteiger partial charge in [-0.25, -0.2) is 9.37 Å². The summed E-state index contributed by atoms with van der Waals surface area (Å²) in [5.41, 5.74) is 2.50. The Balaban J connectivity index is 1.29. The summed E-state index contributed by atoms with van der Waals surface area (Å²) in [6, 6.07) is 16.7. The second-order valence-electron chi connectivity index (χ2n) is 9.64. The third-order valence-electron chi connectivity index (χ3n) is 7.56. The van der Waals surface area contributed by atoms with E-state index in [0.29, 0.717) is 23.6 Å². The first-order chi connectivity index (χ1) is 16.5. The summed E-state index contributed by atoms with van der Waals surface area (Å²) in [6.07, 6.45) is 5.33. The number of imidazole rings is 1. The van der Waals surface area contributed by atoms with Gasteiger partial charge in [0.2, 0.25) is 5.91 Å². The number of halogens is 1. The number of carbonyl (C=O) groups excluding carboxylic acids is 1. The molecule has 180 valence electrons. The maximum absolute atomic E-state index is 14.3. The summed E-state index contributed by atoms with van der Waals surface area (Å²) >= 11 is 0. The first kappa shape index (κ1) is 23.0. The van der Waals surface area contributed by atoms with Gasteiger partial charge in [-0.05, 0) is 56.7 Å². The first-order valence-electron chi connectivity index (χ1n) is 12.3. The molecule has 6 nitrogen and oxygen atoms in total. The molecule has 3 aromatic rings. The molecule has 2 aromatic carbocycles. The van der Waals surface area contributed by atoms with Gasteiger partial charge in [0.1, 0.15) is 17.9 Å². The number of aromatic nitrogens is 2. The van der Waals surface area contributed by atoms with E-state index in [4.69, 9.17) is 4.74 Å². The lowest BCUT2D eigenvalue weighted by Gasteiger charge is -2.40. The van der Waals surface area contributed by atoms with Gasteiger partial charge in [-0.3, -0.25) is 9.69 Å². The van der Waals surface area contributed by atoms with Crippen LogP contribution in [0, 0.1) is 12.7 Å². The van der Waals surface area contributed by atoms with Gasteiger partial charge in [0.25, 0.3) is 0 Å². The highest BCUT2D eigenvalue weighted by molar-refractivity contribution is 5.78. The molecule has 0 aliphatic carbocycles. The monoisotopic (exact) mass is 464 g/mol. The Bertz CT molecular complexity index is 1130. The van der Waals surface area contributed by atoms with Crippen LogP contribution >= 0.6 is 0 Å². The number of methoxy groups -OCH3 is 1. The summed E-state index contributed by atoms with van der Waals surface area (Å²) in [4.78, 5) is 19.5. The van der Waals surface area contributed by atoms with Crippen LogP contribution in [0.1, 0.15) is 55.6 Å². The van der Waals surface area contributed by atoms with E-state index in [1.54, 1.807) is 13.2 Å². The molecule has 0 unspecified atom stereocenters. The fraction of sp³-hybridized carbons (Fsp3) is 0.481. The molecule has 1 amide bonds. The van der Waals surface area contributed by atoms with Gasteiger partial charge < -0.3 is 14.6 Å². The van der Waals surface area contributed by atoms with Crippen molar-refractivity contribution in [1.29, 1.82) is 0 Å². The number of aryl methyl sites for hydroxylation is 1. The molecule has 5 rings (SSSR count). The third kappa shape index (κ3) is 4.46. The van der Waals surface area contributed by atoms with Crippen molar-refractivity contribution in [2.45, 2.75) is 63.2 Å². The number of piperidine rings is 1. The van der Waals surface area contributed by atoms with Crippen molar-refractivity contribution < 1.29 is 13.9 Å². The molecule has 4 atom stereocenters. The van der Waals surface area contributed by atoms with E-state index in [9.17, 15) is 9.18 Å². The predicted octanol–water partition coefficient (Wildman–Crippen LogP) is 4.55. The summed E-state index contributed by atoms with van der Waals surface area (Å²) in [5.74, 6) is 0.554. The van der Waals surface area contributed by atoms with Crippen molar-refractivity contribution in [3.05, 3.63) is 65.7 Å². The topological polar surface area (TPSA) is 59.4 Å². The zero-order chi connectivity index (χ0) is 23.7. The molecular weight excluding hydrogens is 431 g/mol. The fourth-order valence-electron chi connectivity index (χ4n) is 6.13. The van der Waals surface area contributed by atoms with Crippen LogP contribution in [0.25, 0.3) is 11.0 Å². The summed E-state index contributed by atoms with van der Waals surface area (Å²) in [5, 5.41) is 3.15. The smallest absolute Gasteiger partial charge is 0.246 e. The molecule has 1 N–H and O–H groups in total. The van der Waals surface area contributed by atoms with E-state index < -0.39 is 0 Å². The number of rotatable bonds is 8. The molecule has 2 fully saturated rings. The fourth-order valence-corrected chi connectivity index (χ4v) is 6.13. The van der Waals surface area contributed by atoms with Crippen LogP contribution in [-0.4, -0.2) is 52.7 Å². The lowest BCUT2D eigenvalue weighted by Crippen LogP contribution is -2.45.